The monoisotopic (exact) mass is 244 g/mol. The van der Waals surface area contributed by atoms with Crippen molar-refractivity contribution < 1.29 is 14.6 Å². The van der Waals surface area contributed by atoms with Crippen LogP contribution in [0, 0.1) is 0 Å². The van der Waals surface area contributed by atoms with Crippen LogP contribution in [0.15, 0.2) is 42.6 Å². The zero-order chi connectivity index (χ0) is 13.0. The molecule has 1 heterocycles. The Kier molecular flexibility index (Phi) is 3.54. The number of ether oxygens (including phenoxy) is 1. The quantitative estimate of drug-likeness (QED) is 0.852. The summed E-state index contributed by atoms with van der Waals surface area (Å²) >= 11 is 0. The number of hydrogen-bond acceptors (Lipinski definition) is 4. The Hall–Kier alpha value is -2.40. The maximum Gasteiger partial charge on any atom is 0.248 e. The van der Waals surface area contributed by atoms with Gasteiger partial charge in [-0.25, -0.2) is 4.98 Å². The number of carbonyl (C=O) groups excluding carboxylic acids is 1. The van der Waals surface area contributed by atoms with Crippen LogP contribution in [0.25, 0.3) is 0 Å². The first-order valence-electron chi connectivity index (χ1n) is 5.32. The van der Waals surface area contributed by atoms with Crippen LogP contribution < -0.4 is 10.5 Å². The number of nitrogens with zero attached hydrogens (tertiary/aromatic N) is 1. The van der Waals surface area contributed by atoms with Crippen molar-refractivity contribution in [3.63, 3.8) is 0 Å². The number of amides is 1. The highest BCUT2D eigenvalue weighted by molar-refractivity contribution is 5.92. The van der Waals surface area contributed by atoms with Gasteiger partial charge in [0.25, 0.3) is 0 Å². The Bertz CT molecular complexity index is 535. The molecule has 3 N–H and O–H groups in total. The van der Waals surface area contributed by atoms with E-state index in [1.54, 1.807) is 36.4 Å². The molecule has 2 rings (SSSR count). The highest BCUT2D eigenvalue weighted by Gasteiger charge is 2.02. The van der Waals surface area contributed by atoms with E-state index in [2.05, 4.69) is 4.98 Å². The highest BCUT2D eigenvalue weighted by atomic mass is 16.5. The first-order chi connectivity index (χ1) is 8.69. The van der Waals surface area contributed by atoms with Crippen molar-refractivity contribution in [1.29, 1.82) is 0 Å². The lowest BCUT2D eigenvalue weighted by Crippen LogP contribution is -2.10. The lowest BCUT2D eigenvalue weighted by atomic mass is 10.2. The van der Waals surface area contributed by atoms with Gasteiger partial charge in [-0.1, -0.05) is 0 Å². The van der Waals surface area contributed by atoms with E-state index in [9.17, 15) is 4.79 Å². The van der Waals surface area contributed by atoms with Gasteiger partial charge < -0.3 is 15.6 Å². The standard InChI is InChI=1S/C13H12N2O3/c14-13(17)10-2-4-11(5-3-10)18-12-6-1-9(8-16)7-15-12/h1-7,16H,8H2,(H2,14,17). The maximum atomic E-state index is 10.9. The molecule has 0 saturated carbocycles. The summed E-state index contributed by atoms with van der Waals surface area (Å²) in [6, 6.07) is 9.83. The summed E-state index contributed by atoms with van der Waals surface area (Å²) in [6.45, 7) is -0.0550. The highest BCUT2D eigenvalue weighted by Crippen LogP contribution is 2.19. The Balaban J connectivity index is 2.10. The molecule has 0 aliphatic carbocycles. The number of aliphatic hydroxyl groups excluding tert-OH is 1. The number of nitrogens with two attached hydrogens (primary N) is 1. The second-order valence-electron chi connectivity index (χ2n) is 3.65. The van der Waals surface area contributed by atoms with Gasteiger partial charge in [0.15, 0.2) is 0 Å². The predicted molar refractivity (Wildman–Crippen MR) is 65.2 cm³/mol. The van der Waals surface area contributed by atoms with Gasteiger partial charge in [0, 0.05) is 17.8 Å². The van der Waals surface area contributed by atoms with Gasteiger partial charge in [-0.2, -0.15) is 0 Å². The van der Waals surface area contributed by atoms with Crippen molar-refractivity contribution in [2.24, 2.45) is 5.73 Å². The Morgan fingerprint density at radius 2 is 1.94 bits per heavy atom. The van der Waals surface area contributed by atoms with Gasteiger partial charge >= 0.3 is 0 Å². The lowest BCUT2D eigenvalue weighted by Gasteiger charge is -2.05. The van der Waals surface area contributed by atoms with E-state index in [0.717, 1.165) is 0 Å². The second-order valence-corrected chi connectivity index (χ2v) is 3.65. The molecule has 0 bridgehead atoms. The second kappa shape index (κ2) is 5.29. The minimum absolute atomic E-state index is 0.0550. The molecule has 0 saturated heterocycles. The van der Waals surface area contributed by atoms with E-state index in [1.165, 1.54) is 6.20 Å². The molecule has 0 atom stereocenters. The summed E-state index contributed by atoms with van der Waals surface area (Å²) in [4.78, 5) is 14.9. The Morgan fingerprint density at radius 1 is 1.22 bits per heavy atom. The van der Waals surface area contributed by atoms with E-state index >= 15 is 0 Å². The van der Waals surface area contributed by atoms with Gasteiger partial charge in [0.1, 0.15) is 5.75 Å². The average molecular weight is 244 g/mol. The Morgan fingerprint density at radius 3 is 2.44 bits per heavy atom. The number of primary amides is 1. The van der Waals surface area contributed by atoms with Crippen LogP contribution in [0.5, 0.6) is 11.6 Å². The molecule has 1 amide bonds. The number of carbonyl (C=O) groups is 1. The van der Waals surface area contributed by atoms with Crippen LogP contribution in [0.4, 0.5) is 0 Å². The topological polar surface area (TPSA) is 85.4 Å². The van der Waals surface area contributed by atoms with Crippen LogP contribution >= 0.6 is 0 Å². The van der Waals surface area contributed by atoms with Crippen molar-refractivity contribution in [3.05, 3.63) is 53.7 Å². The van der Waals surface area contributed by atoms with Gasteiger partial charge in [-0.3, -0.25) is 4.79 Å². The van der Waals surface area contributed by atoms with Gasteiger partial charge in [0.05, 0.1) is 6.61 Å². The van der Waals surface area contributed by atoms with Gasteiger partial charge in [-0.05, 0) is 35.9 Å². The van der Waals surface area contributed by atoms with Crippen LogP contribution in [0.3, 0.4) is 0 Å². The molecular weight excluding hydrogens is 232 g/mol. The van der Waals surface area contributed by atoms with E-state index in [1.807, 2.05) is 0 Å². The minimum atomic E-state index is -0.480. The van der Waals surface area contributed by atoms with Crippen molar-refractivity contribution in [2.45, 2.75) is 6.61 Å². The summed E-state index contributed by atoms with van der Waals surface area (Å²) in [5, 5.41) is 8.88. The summed E-state index contributed by atoms with van der Waals surface area (Å²) < 4.78 is 5.47. The fourth-order valence-corrected chi connectivity index (χ4v) is 1.37. The summed E-state index contributed by atoms with van der Waals surface area (Å²) in [5.41, 5.74) is 6.27. The average Bonchev–Trinajstić information content (AvgIpc) is 2.40. The first kappa shape index (κ1) is 12.1. The predicted octanol–water partition coefficient (Wildman–Crippen LogP) is 1.47. The van der Waals surface area contributed by atoms with Crippen molar-refractivity contribution in [1.82, 2.24) is 4.98 Å². The lowest BCUT2D eigenvalue weighted by molar-refractivity contribution is 0.100. The number of rotatable bonds is 4. The zero-order valence-electron chi connectivity index (χ0n) is 9.54. The molecule has 1 aromatic carbocycles. The van der Waals surface area contributed by atoms with Crippen molar-refractivity contribution in [2.75, 3.05) is 0 Å². The molecule has 0 radical (unpaired) electrons. The summed E-state index contributed by atoms with van der Waals surface area (Å²) in [7, 11) is 0. The largest absolute Gasteiger partial charge is 0.439 e. The normalized spacial score (nSPS) is 10.1. The number of benzene rings is 1. The zero-order valence-corrected chi connectivity index (χ0v) is 9.54. The molecule has 2 aromatic rings. The maximum absolute atomic E-state index is 10.9. The molecule has 1 aromatic heterocycles. The van der Waals surface area contributed by atoms with E-state index in [0.29, 0.717) is 22.8 Å². The fourth-order valence-electron chi connectivity index (χ4n) is 1.37. The smallest absolute Gasteiger partial charge is 0.248 e. The molecule has 0 aliphatic heterocycles. The van der Waals surface area contributed by atoms with E-state index in [4.69, 9.17) is 15.6 Å². The van der Waals surface area contributed by atoms with Crippen LogP contribution in [-0.4, -0.2) is 16.0 Å². The molecule has 18 heavy (non-hydrogen) atoms. The Labute approximate surface area is 104 Å². The van der Waals surface area contributed by atoms with Gasteiger partial charge in [-0.15, -0.1) is 0 Å². The molecule has 0 fully saturated rings. The third kappa shape index (κ3) is 2.83. The van der Waals surface area contributed by atoms with Crippen molar-refractivity contribution in [3.8, 4) is 11.6 Å². The summed E-state index contributed by atoms with van der Waals surface area (Å²) in [5.74, 6) is 0.496. The van der Waals surface area contributed by atoms with E-state index in [-0.39, 0.29) is 6.61 Å². The van der Waals surface area contributed by atoms with Crippen molar-refractivity contribution >= 4 is 5.91 Å². The fraction of sp³-hybridized carbons (Fsp3) is 0.0769. The third-order valence-electron chi connectivity index (χ3n) is 2.34. The SMILES string of the molecule is NC(=O)c1ccc(Oc2ccc(CO)cn2)cc1. The molecule has 5 heteroatoms. The molecular formula is C13H12N2O3. The molecule has 0 spiro atoms. The number of pyridine rings is 1. The molecule has 5 nitrogen and oxygen atoms in total. The minimum Gasteiger partial charge on any atom is -0.439 e. The molecule has 0 aliphatic rings. The van der Waals surface area contributed by atoms with Gasteiger partial charge in [0.2, 0.25) is 11.8 Å². The van der Waals surface area contributed by atoms with Crippen LogP contribution in [0.2, 0.25) is 0 Å². The first-order valence-corrected chi connectivity index (χ1v) is 5.32. The van der Waals surface area contributed by atoms with E-state index < -0.39 is 5.91 Å². The van der Waals surface area contributed by atoms with Crippen LogP contribution in [-0.2, 0) is 6.61 Å². The van der Waals surface area contributed by atoms with Crippen LogP contribution in [0.1, 0.15) is 15.9 Å². The number of hydrogen-bond donors (Lipinski definition) is 2. The third-order valence-corrected chi connectivity index (χ3v) is 2.34. The number of aromatic nitrogens is 1. The molecule has 0 unspecified atom stereocenters. The molecule has 92 valence electrons. The summed E-state index contributed by atoms with van der Waals surface area (Å²) in [6.07, 6.45) is 1.53. The number of aliphatic hydroxyl groups is 1.